The lowest BCUT2D eigenvalue weighted by atomic mass is 9.68. The predicted octanol–water partition coefficient (Wildman–Crippen LogP) is 10.8. The fourth-order valence-electron chi connectivity index (χ4n) is 5.91. The van der Waals surface area contributed by atoms with Crippen molar-refractivity contribution in [3.05, 3.63) is 29.8 Å². The number of rotatable bonds is 9. The van der Waals surface area contributed by atoms with E-state index in [1.54, 1.807) is 0 Å². The monoisotopic (exact) mass is 466 g/mol. The maximum Gasteiger partial charge on any atom is 0.310 e. The first kappa shape index (κ1) is 24.9. The van der Waals surface area contributed by atoms with Crippen LogP contribution in [0.1, 0.15) is 108 Å². The summed E-state index contributed by atoms with van der Waals surface area (Å²) in [6, 6.07) is 3.69. The van der Waals surface area contributed by atoms with Crippen LogP contribution in [0, 0.1) is 17.8 Å². The van der Waals surface area contributed by atoms with Crippen LogP contribution in [0.2, 0.25) is 0 Å². The summed E-state index contributed by atoms with van der Waals surface area (Å²) in [7, 11) is -9.57. The molecular weight excluding hydrogens is 427 g/mol. The molecule has 6 heteroatoms. The SMILES string of the molecule is CCCCCCC[C@H]1CC[C@H](C2CCC(c3ccc(S(F)(F)(F)(F)F)cc3)CC2)CC1. The normalized spacial score (nSPS) is 29.9. The van der Waals surface area contributed by atoms with Crippen LogP contribution in [0.25, 0.3) is 0 Å². The molecule has 0 saturated heterocycles. The zero-order chi connectivity index (χ0) is 22.6. The van der Waals surface area contributed by atoms with Crippen LogP contribution < -0.4 is 0 Å². The van der Waals surface area contributed by atoms with Crippen molar-refractivity contribution in [1.82, 2.24) is 0 Å². The third-order valence-electron chi connectivity index (χ3n) is 7.84. The maximum atomic E-state index is 12.9. The largest absolute Gasteiger partial charge is 0.310 e. The lowest BCUT2D eigenvalue weighted by Crippen LogP contribution is -2.25. The van der Waals surface area contributed by atoms with Crippen LogP contribution in [0.3, 0.4) is 0 Å². The Balaban J connectivity index is 1.41. The first-order chi connectivity index (χ1) is 14.5. The van der Waals surface area contributed by atoms with Gasteiger partial charge in [-0.1, -0.05) is 89.9 Å². The van der Waals surface area contributed by atoms with E-state index in [0.29, 0.717) is 12.1 Å². The summed E-state index contributed by atoms with van der Waals surface area (Å²) in [4.78, 5) is -1.78. The standard InChI is InChI=1S/C25H39F5S/c1-2-3-4-5-6-7-20-8-10-21(11-9-20)22-12-14-23(15-13-22)24-16-18-25(19-17-24)31(26,27,28,29)30/h16-23H,2-15H2,1H3/t20-,21-,22?,23?. The van der Waals surface area contributed by atoms with Gasteiger partial charge in [-0.25, -0.2) is 0 Å². The molecule has 0 N–H and O–H groups in total. The van der Waals surface area contributed by atoms with Crippen molar-refractivity contribution in [2.24, 2.45) is 17.8 Å². The predicted molar refractivity (Wildman–Crippen MR) is 121 cm³/mol. The third-order valence-corrected chi connectivity index (χ3v) is 9.01. The molecule has 0 heterocycles. The Labute approximate surface area is 185 Å². The summed E-state index contributed by atoms with van der Waals surface area (Å²) in [6.07, 6.45) is 17.7. The van der Waals surface area contributed by atoms with Gasteiger partial charge >= 0.3 is 10.2 Å². The van der Waals surface area contributed by atoms with Crippen molar-refractivity contribution >= 4 is 10.2 Å². The highest BCUT2D eigenvalue weighted by Gasteiger charge is 2.65. The fourth-order valence-corrected chi connectivity index (χ4v) is 6.56. The Morgan fingerprint density at radius 1 is 0.677 bits per heavy atom. The first-order valence-corrected chi connectivity index (χ1v) is 14.3. The highest BCUT2D eigenvalue weighted by molar-refractivity contribution is 8.45. The van der Waals surface area contributed by atoms with Crippen LogP contribution in [0.15, 0.2) is 29.2 Å². The molecule has 2 saturated carbocycles. The second-order valence-electron chi connectivity index (χ2n) is 10.1. The number of benzene rings is 1. The molecule has 0 amide bonds. The number of hydrogen-bond acceptors (Lipinski definition) is 0. The van der Waals surface area contributed by atoms with Gasteiger partial charge < -0.3 is 0 Å². The molecule has 1 aromatic rings. The van der Waals surface area contributed by atoms with Crippen molar-refractivity contribution in [3.63, 3.8) is 0 Å². The van der Waals surface area contributed by atoms with Crippen molar-refractivity contribution < 1.29 is 19.4 Å². The van der Waals surface area contributed by atoms with Crippen LogP contribution in [0.4, 0.5) is 19.4 Å². The average Bonchev–Trinajstić information content (AvgIpc) is 2.73. The summed E-state index contributed by atoms with van der Waals surface area (Å²) in [5.74, 6) is 2.63. The van der Waals surface area contributed by atoms with E-state index in [0.717, 1.165) is 49.0 Å². The summed E-state index contributed by atoms with van der Waals surface area (Å²) in [5, 5.41) is 0. The van der Waals surface area contributed by atoms with E-state index in [2.05, 4.69) is 6.92 Å². The molecule has 0 unspecified atom stereocenters. The molecule has 0 aromatic heterocycles. The Kier molecular flexibility index (Phi) is 7.40. The number of halogens is 5. The van der Waals surface area contributed by atoms with Crippen molar-refractivity contribution in [1.29, 1.82) is 0 Å². The molecule has 1 aromatic carbocycles. The molecule has 0 spiro atoms. The van der Waals surface area contributed by atoms with Crippen LogP contribution in [-0.2, 0) is 0 Å². The van der Waals surface area contributed by atoms with Crippen molar-refractivity contribution in [2.75, 3.05) is 0 Å². The van der Waals surface area contributed by atoms with E-state index in [4.69, 9.17) is 0 Å². The Morgan fingerprint density at radius 2 is 1.19 bits per heavy atom. The van der Waals surface area contributed by atoms with E-state index in [9.17, 15) is 19.4 Å². The number of hydrogen-bond donors (Lipinski definition) is 0. The fraction of sp³-hybridized carbons (Fsp3) is 0.760. The van der Waals surface area contributed by atoms with Gasteiger partial charge in [-0.05, 0) is 79.9 Å². The van der Waals surface area contributed by atoms with Crippen LogP contribution >= 0.6 is 10.2 Å². The Bertz CT molecular complexity index is 681. The summed E-state index contributed by atoms with van der Waals surface area (Å²) < 4.78 is 64.6. The van der Waals surface area contributed by atoms with Crippen LogP contribution in [-0.4, -0.2) is 0 Å². The van der Waals surface area contributed by atoms with Crippen molar-refractivity contribution in [2.45, 2.75) is 108 Å². The molecule has 0 bridgehead atoms. The van der Waals surface area contributed by atoms with Crippen molar-refractivity contribution in [3.8, 4) is 0 Å². The minimum atomic E-state index is -9.57. The molecule has 2 fully saturated rings. The molecule has 0 radical (unpaired) electrons. The van der Waals surface area contributed by atoms with Gasteiger partial charge in [0, 0.05) is 0 Å². The van der Waals surface area contributed by atoms with Gasteiger partial charge in [-0.3, -0.25) is 0 Å². The minimum Gasteiger partial charge on any atom is -0.0936 e. The van der Waals surface area contributed by atoms with Gasteiger partial charge in [0.25, 0.3) is 0 Å². The van der Waals surface area contributed by atoms with E-state index in [1.807, 2.05) is 0 Å². The van der Waals surface area contributed by atoms with Gasteiger partial charge in [0.15, 0.2) is 0 Å². The maximum absolute atomic E-state index is 12.9. The summed E-state index contributed by atoms with van der Waals surface area (Å²) >= 11 is 0. The molecule has 180 valence electrons. The molecule has 0 atom stereocenters. The molecule has 0 nitrogen and oxygen atoms in total. The summed E-state index contributed by atoms with van der Waals surface area (Å²) in [5.41, 5.74) is 0.774. The topological polar surface area (TPSA) is 0 Å². The summed E-state index contributed by atoms with van der Waals surface area (Å²) in [6.45, 7) is 2.25. The zero-order valence-electron chi connectivity index (χ0n) is 18.8. The number of unbranched alkanes of at least 4 members (excludes halogenated alkanes) is 4. The van der Waals surface area contributed by atoms with Crippen LogP contribution in [0.5, 0.6) is 0 Å². The van der Waals surface area contributed by atoms with E-state index in [1.165, 1.54) is 76.3 Å². The first-order valence-electron chi connectivity index (χ1n) is 12.3. The quantitative estimate of drug-likeness (QED) is 0.251. The second-order valence-corrected chi connectivity index (χ2v) is 12.5. The van der Waals surface area contributed by atoms with Gasteiger partial charge in [0.2, 0.25) is 0 Å². The molecule has 3 rings (SSSR count). The average molecular weight is 467 g/mol. The zero-order valence-corrected chi connectivity index (χ0v) is 19.6. The third kappa shape index (κ3) is 7.36. The highest BCUT2D eigenvalue weighted by atomic mass is 32.5. The van der Waals surface area contributed by atoms with E-state index in [-0.39, 0.29) is 5.92 Å². The molecule has 31 heavy (non-hydrogen) atoms. The molecular formula is C25H39F5S. The van der Waals surface area contributed by atoms with Gasteiger partial charge in [0.05, 0.1) is 0 Å². The highest BCUT2D eigenvalue weighted by Crippen LogP contribution is 3.02. The minimum absolute atomic E-state index is 0.197. The Morgan fingerprint density at radius 3 is 1.71 bits per heavy atom. The molecule has 0 aliphatic heterocycles. The van der Waals surface area contributed by atoms with Gasteiger partial charge in [-0.2, -0.15) is 0 Å². The molecule has 2 aliphatic rings. The lowest BCUT2D eigenvalue weighted by Gasteiger charge is -2.41. The van der Waals surface area contributed by atoms with Gasteiger partial charge in [0.1, 0.15) is 4.90 Å². The van der Waals surface area contributed by atoms with E-state index >= 15 is 0 Å². The lowest BCUT2D eigenvalue weighted by molar-refractivity contribution is 0.155. The Hall–Kier alpha value is -0.780. The molecule has 2 aliphatic carbocycles. The second kappa shape index (κ2) is 9.23. The van der Waals surface area contributed by atoms with E-state index < -0.39 is 15.1 Å². The van der Waals surface area contributed by atoms with Gasteiger partial charge in [-0.15, -0.1) is 0 Å². The smallest absolute Gasteiger partial charge is 0.0936 e.